The van der Waals surface area contributed by atoms with Crippen molar-refractivity contribution in [1.82, 2.24) is 10.2 Å². The van der Waals surface area contributed by atoms with E-state index in [-0.39, 0.29) is 27.7 Å². The molecule has 0 fully saturated rings. The third kappa shape index (κ3) is 5.86. The third-order valence-corrected chi connectivity index (χ3v) is 5.76. The van der Waals surface area contributed by atoms with E-state index in [1.165, 1.54) is 24.3 Å². The van der Waals surface area contributed by atoms with Gasteiger partial charge in [-0.25, -0.2) is 0 Å². The van der Waals surface area contributed by atoms with Gasteiger partial charge in [0, 0.05) is 23.3 Å². The number of carbonyl (C=O) groups is 2. The summed E-state index contributed by atoms with van der Waals surface area (Å²) < 4.78 is 38.6. The van der Waals surface area contributed by atoms with Gasteiger partial charge in [0.15, 0.2) is 10.1 Å². The highest BCUT2D eigenvalue weighted by molar-refractivity contribution is 8.01. The number of Topliss-reactive ketones (excluding diaryl/α,β-unsaturated/α-hetero) is 1. The van der Waals surface area contributed by atoms with Crippen LogP contribution in [0.3, 0.4) is 0 Å². The Labute approximate surface area is 180 Å². The highest BCUT2D eigenvalue weighted by atomic mass is 32.2. The molecule has 8 nitrogen and oxygen atoms in total. The van der Waals surface area contributed by atoms with Crippen LogP contribution in [0.15, 0.2) is 52.9 Å². The first-order valence-electron chi connectivity index (χ1n) is 8.36. The number of aromatic nitrogens is 2. The number of amides is 1. The van der Waals surface area contributed by atoms with Crippen LogP contribution in [0.4, 0.5) is 24.0 Å². The van der Waals surface area contributed by atoms with Gasteiger partial charge in [-0.05, 0) is 18.2 Å². The maximum Gasteiger partial charge on any atom is 0.416 e. The van der Waals surface area contributed by atoms with E-state index in [4.69, 9.17) is 0 Å². The molecule has 0 aliphatic rings. The normalized spacial score (nSPS) is 11.2. The maximum atomic E-state index is 12.8. The number of hydrogen-bond acceptors (Lipinski definition) is 8. The van der Waals surface area contributed by atoms with Crippen molar-refractivity contribution < 1.29 is 27.7 Å². The van der Waals surface area contributed by atoms with E-state index in [2.05, 4.69) is 15.5 Å². The Morgan fingerprint density at radius 2 is 1.81 bits per heavy atom. The number of alkyl halides is 3. The first-order valence-corrected chi connectivity index (χ1v) is 10.2. The van der Waals surface area contributed by atoms with Crippen molar-refractivity contribution in [1.29, 1.82) is 0 Å². The highest BCUT2D eigenvalue weighted by Gasteiger charge is 2.30. The summed E-state index contributed by atoms with van der Waals surface area (Å²) in [5.41, 5.74) is -1.18. The summed E-state index contributed by atoms with van der Waals surface area (Å²) >= 11 is 1.91. The minimum Gasteiger partial charge on any atom is -0.296 e. The summed E-state index contributed by atoms with van der Waals surface area (Å²) in [6.45, 7) is 0. The van der Waals surface area contributed by atoms with E-state index in [1.807, 2.05) is 0 Å². The van der Waals surface area contributed by atoms with Crippen molar-refractivity contribution in [3.8, 4) is 0 Å². The molecule has 160 valence electrons. The molecule has 0 saturated heterocycles. The number of hydrogen-bond donors (Lipinski definition) is 1. The second-order valence-corrected chi connectivity index (χ2v) is 8.13. The number of non-ortho nitro benzene ring substituents is 1. The lowest BCUT2D eigenvalue weighted by molar-refractivity contribution is -0.384. The van der Waals surface area contributed by atoms with E-state index in [0.29, 0.717) is 4.34 Å². The van der Waals surface area contributed by atoms with Gasteiger partial charge < -0.3 is 0 Å². The van der Waals surface area contributed by atoms with Crippen LogP contribution in [0.5, 0.6) is 0 Å². The molecule has 1 aromatic heterocycles. The Balaban J connectivity index is 1.60. The largest absolute Gasteiger partial charge is 0.416 e. The molecule has 0 aliphatic heterocycles. The van der Waals surface area contributed by atoms with E-state index in [0.717, 1.165) is 47.4 Å². The van der Waals surface area contributed by atoms with Crippen molar-refractivity contribution in [3.05, 3.63) is 75.3 Å². The van der Waals surface area contributed by atoms with Gasteiger partial charge in [-0.1, -0.05) is 41.3 Å². The van der Waals surface area contributed by atoms with E-state index < -0.39 is 28.4 Å². The number of nitrogens with one attached hydrogen (secondary N) is 1. The Bertz CT molecular complexity index is 1150. The molecule has 1 heterocycles. The summed E-state index contributed by atoms with van der Waals surface area (Å²) in [5.74, 6) is -1.32. The third-order valence-electron chi connectivity index (χ3n) is 3.78. The highest BCUT2D eigenvalue weighted by Crippen LogP contribution is 2.31. The van der Waals surface area contributed by atoms with Crippen LogP contribution in [-0.2, 0) is 6.18 Å². The number of benzene rings is 2. The lowest BCUT2D eigenvalue weighted by Crippen LogP contribution is -2.11. The average Bonchev–Trinajstić information content (AvgIpc) is 3.18. The molecule has 31 heavy (non-hydrogen) atoms. The summed E-state index contributed by atoms with van der Waals surface area (Å²) in [5, 5.41) is 20.9. The van der Waals surface area contributed by atoms with Crippen molar-refractivity contribution in [2.75, 3.05) is 11.1 Å². The number of nitro benzene ring substituents is 1. The zero-order chi connectivity index (χ0) is 22.6. The quantitative estimate of drug-likeness (QED) is 0.176. The van der Waals surface area contributed by atoms with Crippen LogP contribution in [0.25, 0.3) is 0 Å². The monoisotopic (exact) mass is 468 g/mol. The minimum absolute atomic E-state index is 0.0540. The molecule has 3 rings (SSSR count). The molecule has 0 atom stereocenters. The van der Waals surface area contributed by atoms with Crippen LogP contribution in [0, 0.1) is 10.1 Å². The second kappa shape index (κ2) is 9.22. The smallest absolute Gasteiger partial charge is 0.296 e. The van der Waals surface area contributed by atoms with Crippen LogP contribution < -0.4 is 5.32 Å². The maximum absolute atomic E-state index is 12.8. The van der Waals surface area contributed by atoms with E-state index >= 15 is 0 Å². The van der Waals surface area contributed by atoms with Crippen molar-refractivity contribution in [2.24, 2.45) is 0 Å². The van der Waals surface area contributed by atoms with Crippen LogP contribution in [0.2, 0.25) is 0 Å². The molecule has 0 bridgehead atoms. The van der Waals surface area contributed by atoms with Crippen molar-refractivity contribution >= 4 is 45.6 Å². The van der Waals surface area contributed by atoms with Gasteiger partial charge in [-0.15, -0.1) is 10.2 Å². The first-order chi connectivity index (χ1) is 14.6. The average molecular weight is 468 g/mol. The number of thioether (sulfide) groups is 1. The molecule has 0 spiro atoms. The summed E-state index contributed by atoms with van der Waals surface area (Å²) in [7, 11) is 0. The molecule has 0 unspecified atom stereocenters. The minimum atomic E-state index is -4.55. The molecule has 1 N–H and O–H groups in total. The first kappa shape index (κ1) is 22.4. The molecule has 0 radical (unpaired) electrons. The Kier molecular flexibility index (Phi) is 6.65. The number of anilines is 1. The number of ketones is 1. The summed E-state index contributed by atoms with van der Waals surface area (Å²) in [4.78, 5) is 34.6. The lowest BCUT2D eigenvalue weighted by atomic mass is 10.1. The second-order valence-electron chi connectivity index (χ2n) is 5.93. The van der Waals surface area contributed by atoms with Crippen molar-refractivity contribution in [3.63, 3.8) is 0 Å². The van der Waals surface area contributed by atoms with Gasteiger partial charge in [-0.3, -0.25) is 25.0 Å². The van der Waals surface area contributed by atoms with Gasteiger partial charge in [0.05, 0.1) is 16.2 Å². The van der Waals surface area contributed by atoms with Gasteiger partial charge in [0.1, 0.15) is 0 Å². The topological polar surface area (TPSA) is 115 Å². The lowest BCUT2D eigenvalue weighted by Gasteiger charge is -2.07. The van der Waals surface area contributed by atoms with Crippen molar-refractivity contribution in [2.45, 2.75) is 10.5 Å². The molecule has 2 aromatic carbocycles. The molecule has 3 aromatic rings. The Hall–Kier alpha value is -3.32. The predicted molar refractivity (Wildman–Crippen MR) is 107 cm³/mol. The van der Waals surface area contributed by atoms with Gasteiger partial charge in [0.2, 0.25) is 5.13 Å². The molecular weight excluding hydrogens is 457 g/mol. The number of halogens is 3. The van der Waals surface area contributed by atoms with Gasteiger partial charge in [-0.2, -0.15) is 13.2 Å². The van der Waals surface area contributed by atoms with Crippen LogP contribution in [0.1, 0.15) is 26.3 Å². The zero-order valence-corrected chi connectivity index (χ0v) is 16.9. The van der Waals surface area contributed by atoms with Crippen LogP contribution in [-0.4, -0.2) is 32.6 Å². The standard InChI is InChI=1S/C18H11F3N4O4S2/c19-18(20,21)12-5-1-3-10(7-12)14(26)9-30-17-24-23-16(31-17)22-15(27)11-4-2-6-13(8-11)25(28)29/h1-8H,9H2,(H,22,23,27). The molecule has 0 saturated carbocycles. The fourth-order valence-electron chi connectivity index (χ4n) is 2.33. The van der Waals surface area contributed by atoms with Crippen LogP contribution >= 0.6 is 23.1 Å². The van der Waals surface area contributed by atoms with Gasteiger partial charge >= 0.3 is 6.18 Å². The molecular formula is C18H11F3N4O4S2. The van der Waals surface area contributed by atoms with Gasteiger partial charge in [0.25, 0.3) is 11.6 Å². The summed E-state index contributed by atoms with van der Waals surface area (Å²) in [6.07, 6.45) is -4.55. The SMILES string of the molecule is O=C(CSc1nnc(NC(=O)c2cccc([N+](=O)[O-])c2)s1)c1cccc(C(F)(F)F)c1. The number of nitrogens with zero attached hydrogens (tertiary/aromatic N) is 3. The Morgan fingerprint density at radius 1 is 1.10 bits per heavy atom. The van der Waals surface area contributed by atoms with E-state index in [1.54, 1.807) is 0 Å². The molecule has 1 amide bonds. The zero-order valence-electron chi connectivity index (χ0n) is 15.3. The fourth-order valence-corrected chi connectivity index (χ4v) is 3.97. The number of nitro groups is 1. The number of rotatable bonds is 7. The Morgan fingerprint density at radius 3 is 2.52 bits per heavy atom. The molecule has 0 aliphatic carbocycles. The fraction of sp³-hybridized carbons (Fsp3) is 0.111. The number of carbonyl (C=O) groups excluding carboxylic acids is 2. The summed E-state index contributed by atoms with van der Waals surface area (Å²) in [6, 6.07) is 9.24. The molecule has 13 heteroatoms. The van der Waals surface area contributed by atoms with E-state index in [9.17, 15) is 32.9 Å². The predicted octanol–water partition coefficient (Wildman–Crippen LogP) is 4.69.